The number of nitrogens with two attached hydrogens (primary N) is 1. The lowest BCUT2D eigenvalue weighted by atomic mass is 9.95. The predicted molar refractivity (Wildman–Crippen MR) is 138 cm³/mol. The van der Waals surface area contributed by atoms with E-state index in [1.807, 2.05) is 12.1 Å². The fraction of sp³-hybridized carbons (Fsp3) is 0.240. The Labute approximate surface area is 222 Å². The van der Waals surface area contributed by atoms with Crippen molar-refractivity contribution in [2.24, 2.45) is 10.7 Å². The summed E-state index contributed by atoms with van der Waals surface area (Å²) in [7, 11) is 0. The Balaban J connectivity index is 1.53. The van der Waals surface area contributed by atoms with Crippen molar-refractivity contribution in [2.75, 3.05) is 13.1 Å². The summed E-state index contributed by atoms with van der Waals surface area (Å²) in [6.45, 7) is 1.77. The first-order chi connectivity index (χ1) is 17.7. The number of benzene rings is 2. The average molecular weight is 541 g/mol. The van der Waals surface area contributed by atoms with Crippen molar-refractivity contribution in [1.29, 1.82) is 5.26 Å². The van der Waals surface area contributed by atoms with Crippen molar-refractivity contribution in [2.45, 2.75) is 25.9 Å². The lowest BCUT2D eigenvalue weighted by molar-refractivity contribution is -0.118. The van der Waals surface area contributed by atoms with Crippen LogP contribution in [-0.4, -0.2) is 47.6 Å². The van der Waals surface area contributed by atoms with Gasteiger partial charge < -0.3 is 20.4 Å². The molecule has 0 spiro atoms. The summed E-state index contributed by atoms with van der Waals surface area (Å²) in [6, 6.07) is 7.72. The van der Waals surface area contributed by atoms with Crippen molar-refractivity contribution in [3.8, 4) is 6.19 Å². The summed E-state index contributed by atoms with van der Waals surface area (Å²) in [5.41, 5.74) is 8.11. The van der Waals surface area contributed by atoms with E-state index in [4.69, 9.17) is 38.6 Å². The monoisotopic (exact) mass is 540 g/mol. The van der Waals surface area contributed by atoms with Crippen LogP contribution in [0, 0.1) is 11.5 Å². The molecule has 0 saturated heterocycles. The lowest BCUT2D eigenvalue weighted by Crippen LogP contribution is -2.43. The average Bonchev–Trinajstić information content (AvgIpc) is 3.33. The molecule has 12 heteroatoms. The fourth-order valence-electron chi connectivity index (χ4n) is 4.10. The van der Waals surface area contributed by atoms with Crippen LogP contribution in [0.15, 0.2) is 46.0 Å². The summed E-state index contributed by atoms with van der Waals surface area (Å²) >= 11 is 13.1. The van der Waals surface area contributed by atoms with E-state index in [1.54, 1.807) is 35.6 Å². The Kier molecular flexibility index (Phi) is 7.66. The van der Waals surface area contributed by atoms with Crippen LogP contribution < -0.4 is 16.4 Å². The third-order valence-electron chi connectivity index (χ3n) is 6.05. The Morgan fingerprint density at radius 3 is 2.78 bits per heavy atom. The summed E-state index contributed by atoms with van der Waals surface area (Å²) in [5.74, 6) is -1.36. The number of hydrogen-bond donors (Lipinski definition) is 3. The minimum absolute atomic E-state index is 0.0310. The van der Waals surface area contributed by atoms with Crippen LogP contribution in [-0.2, 0) is 17.8 Å². The van der Waals surface area contributed by atoms with Crippen LogP contribution in [0.3, 0.4) is 0 Å². The van der Waals surface area contributed by atoms with Gasteiger partial charge in [0.15, 0.2) is 12.0 Å². The molecule has 1 aliphatic heterocycles. The van der Waals surface area contributed by atoms with Crippen molar-refractivity contribution in [3.05, 3.63) is 68.9 Å². The zero-order valence-electron chi connectivity index (χ0n) is 19.7. The van der Waals surface area contributed by atoms with Crippen LogP contribution in [0.5, 0.6) is 0 Å². The normalized spacial score (nSPS) is 14.0. The highest BCUT2D eigenvalue weighted by atomic mass is 35.5. The largest absolute Gasteiger partial charge is 0.464 e. The second kappa shape index (κ2) is 10.9. The maximum Gasteiger partial charge on any atom is 0.254 e. The van der Waals surface area contributed by atoms with Crippen molar-refractivity contribution >= 4 is 57.7 Å². The number of nitrogens with one attached hydrogen (secondary N) is 2. The molecule has 0 radical (unpaired) electrons. The van der Waals surface area contributed by atoms with Crippen molar-refractivity contribution < 1.29 is 18.8 Å². The zero-order chi connectivity index (χ0) is 26.7. The first-order valence-electron chi connectivity index (χ1n) is 11.2. The van der Waals surface area contributed by atoms with Gasteiger partial charge in [0.1, 0.15) is 11.6 Å². The molecule has 0 aliphatic carbocycles. The van der Waals surface area contributed by atoms with Crippen LogP contribution in [0.25, 0.3) is 11.0 Å². The molecule has 1 aliphatic rings. The number of amides is 2. The van der Waals surface area contributed by atoms with Gasteiger partial charge in [-0.15, -0.1) is 0 Å². The maximum atomic E-state index is 13.1. The number of Topliss-reactive ketones (excluding diaryl/α,β-unsaturated/α-hetero) is 1. The predicted octanol–water partition coefficient (Wildman–Crippen LogP) is 3.01. The molecule has 2 aromatic carbocycles. The van der Waals surface area contributed by atoms with E-state index >= 15 is 0 Å². The number of hydrogen-bond acceptors (Lipinski definition) is 6. The van der Waals surface area contributed by atoms with E-state index in [9.17, 15) is 14.4 Å². The van der Waals surface area contributed by atoms with Gasteiger partial charge >= 0.3 is 0 Å². The van der Waals surface area contributed by atoms with Gasteiger partial charge in [-0.1, -0.05) is 29.3 Å². The Hall–Kier alpha value is -4.07. The van der Waals surface area contributed by atoms with Crippen LogP contribution in [0.4, 0.5) is 0 Å². The Bertz CT molecular complexity index is 1480. The molecular weight excluding hydrogens is 519 g/mol. The minimum Gasteiger partial charge on any atom is -0.464 e. The standard InChI is InChI=1S/C25H22Cl2N6O4/c1-13(34)19(10-30-25(29)31-12-28)32-23(35)21-18(26)8-16-11-33(6-4-17(16)22(21)27)24(36)15-3-2-14-5-7-37-20(14)9-15/h2-3,5,7-9,19H,4,6,10-11H2,1H3,(H,32,35)(H3,29,30,31)/t19-/m0/s1. The quantitative estimate of drug-likeness (QED) is 0.188. The highest BCUT2D eigenvalue weighted by molar-refractivity contribution is 6.40. The number of halogens is 2. The van der Waals surface area contributed by atoms with Gasteiger partial charge in [0.2, 0.25) is 5.96 Å². The Morgan fingerprint density at radius 1 is 1.27 bits per heavy atom. The van der Waals surface area contributed by atoms with Crippen molar-refractivity contribution in [3.63, 3.8) is 0 Å². The molecule has 37 heavy (non-hydrogen) atoms. The van der Waals surface area contributed by atoms with Gasteiger partial charge in [-0.3, -0.25) is 24.7 Å². The highest BCUT2D eigenvalue weighted by Crippen LogP contribution is 2.35. The van der Waals surface area contributed by atoms with E-state index in [0.717, 1.165) is 10.9 Å². The number of carbonyl (C=O) groups is 3. The molecule has 0 unspecified atom stereocenters. The van der Waals surface area contributed by atoms with E-state index in [1.165, 1.54) is 6.92 Å². The van der Waals surface area contributed by atoms with Gasteiger partial charge in [-0.05, 0) is 48.7 Å². The molecule has 4 N–H and O–H groups in total. The first kappa shape index (κ1) is 26.0. The van der Waals surface area contributed by atoms with Crippen molar-refractivity contribution in [1.82, 2.24) is 15.5 Å². The van der Waals surface area contributed by atoms with Gasteiger partial charge in [-0.25, -0.2) is 0 Å². The fourth-order valence-corrected chi connectivity index (χ4v) is 4.86. The molecule has 2 amide bonds. The van der Waals surface area contributed by atoms with E-state index in [2.05, 4.69) is 15.6 Å². The van der Waals surface area contributed by atoms with E-state index in [0.29, 0.717) is 29.7 Å². The number of carbonyl (C=O) groups excluding carboxylic acids is 3. The molecule has 1 atom stereocenters. The summed E-state index contributed by atoms with van der Waals surface area (Å²) in [6.07, 6.45) is 3.60. The number of ketones is 1. The molecule has 4 rings (SSSR count). The first-order valence-corrected chi connectivity index (χ1v) is 12.0. The maximum absolute atomic E-state index is 13.1. The summed E-state index contributed by atoms with van der Waals surface area (Å²) < 4.78 is 5.41. The van der Waals surface area contributed by atoms with Gasteiger partial charge in [0.05, 0.1) is 28.4 Å². The number of rotatable bonds is 6. The SMILES string of the molecule is CC(=O)[C@H](CN=C(N)NC#N)NC(=O)c1c(Cl)cc2c(c1Cl)CCN(C(=O)c1ccc3ccoc3c1)C2. The molecule has 1 aromatic heterocycles. The summed E-state index contributed by atoms with van der Waals surface area (Å²) in [5, 5.41) is 14.5. The second-order valence-corrected chi connectivity index (χ2v) is 9.22. The topological polar surface area (TPSA) is 154 Å². The molecule has 0 fully saturated rings. The van der Waals surface area contributed by atoms with Gasteiger partial charge in [0.25, 0.3) is 11.8 Å². The smallest absolute Gasteiger partial charge is 0.254 e. The van der Waals surface area contributed by atoms with Crippen LogP contribution in [0.2, 0.25) is 10.0 Å². The lowest BCUT2D eigenvalue weighted by Gasteiger charge is -2.30. The molecule has 2 heterocycles. The molecule has 3 aromatic rings. The highest BCUT2D eigenvalue weighted by Gasteiger charge is 2.29. The second-order valence-electron chi connectivity index (χ2n) is 8.43. The minimum atomic E-state index is -1.01. The number of nitrogens with zero attached hydrogens (tertiary/aromatic N) is 3. The molecule has 190 valence electrons. The zero-order valence-corrected chi connectivity index (χ0v) is 21.2. The van der Waals surface area contributed by atoms with E-state index in [-0.39, 0.29) is 46.3 Å². The third kappa shape index (κ3) is 5.53. The van der Waals surface area contributed by atoms with Gasteiger partial charge in [0, 0.05) is 24.0 Å². The number of nitriles is 1. The number of guanidine groups is 1. The van der Waals surface area contributed by atoms with Crippen LogP contribution >= 0.6 is 23.2 Å². The molecule has 10 nitrogen and oxygen atoms in total. The molecular formula is C25H22Cl2N6O4. The molecule has 0 saturated carbocycles. The number of furan rings is 1. The van der Waals surface area contributed by atoms with E-state index < -0.39 is 11.9 Å². The molecule has 0 bridgehead atoms. The summed E-state index contributed by atoms with van der Waals surface area (Å²) in [4.78, 5) is 43.8. The van der Waals surface area contributed by atoms with Crippen LogP contribution in [0.1, 0.15) is 38.8 Å². The number of aliphatic imine (C=N–C) groups is 1. The van der Waals surface area contributed by atoms with Gasteiger partial charge in [-0.2, -0.15) is 5.26 Å². The third-order valence-corrected chi connectivity index (χ3v) is 6.76. The number of fused-ring (bicyclic) bond motifs is 2. The Morgan fingerprint density at radius 2 is 2.05 bits per heavy atom.